The van der Waals surface area contributed by atoms with Gasteiger partial charge >= 0.3 is 12.6 Å². The van der Waals surface area contributed by atoms with Gasteiger partial charge in [-0.05, 0) is 55.0 Å². The molecule has 7 nitrogen and oxygen atoms in total. The normalized spacial score (nSPS) is 19.1. The maximum Gasteiger partial charge on any atom is 0.511 e. The summed E-state index contributed by atoms with van der Waals surface area (Å²) in [4.78, 5) is 10.9. The van der Waals surface area contributed by atoms with Crippen LogP contribution in [0.1, 0.15) is 49.1 Å². The van der Waals surface area contributed by atoms with Crippen molar-refractivity contribution in [3.05, 3.63) is 47.5 Å². The van der Waals surface area contributed by atoms with Crippen LogP contribution in [0.3, 0.4) is 0 Å². The van der Waals surface area contributed by atoms with E-state index in [9.17, 15) is 13.2 Å². The van der Waals surface area contributed by atoms with Gasteiger partial charge in [0.15, 0.2) is 11.5 Å². The first-order valence-electron chi connectivity index (χ1n) is 9.57. The fourth-order valence-corrected chi connectivity index (χ4v) is 5.45. The molecule has 1 aliphatic carbocycles. The molecule has 1 N–H and O–H groups in total. The van der Waals surface area contributed by atoms with Crippen molar-refractivity contribution in [1.29, 1.82) is 0 Å². The summed E-state index contributed by atoms with van der Waals surface area (Å²) >= 11 is 0. The summed E-state index contributed by atoms with van der Waals surface area (Å²) in [5, 5.41) is 8.68. The van der Waals surface area contributed by atoms with E-state index >= 15 is 0 Å². The molecule has 1 unspecified atom stereocenters. The van der Waals surface area contributed by atoms with E-state index in [-0.39, 0.29) is 21.3 Å². The summed E-state index contributed by atoms with van der Waals surface area (Å²) < 4.78 is 41.3. The first-order valence-corrected chi connectivity index (χ1v) is 11.1. The van der Waals surface area contributed by atoms with E-state index in [2.05, 4.69) is 4.74 Å². The molecule has 0 aromatic heterocycles. The number of ether oxygens (including phenoxy) is 3. The van der Waals surface area contributed by atoms with Crippen molar-refractivity contribution in [3.8, 4) is 11.5 Å². The Bertz CT molecular complexity index is 1020. The van der Waals surface area contributed by atoms with Crippen LogP contribution in [-0.4, -0.2) is 26.2 Å². The highest BCUT2D eigenvalue weighted by Crippen LogP contribution is 2.40. The van der Waals surface area contributed by atoms with Gasteiger partial charge in [-0.3, -0.25) is 0 Å². The van der Waals surface area contributed by atoms with E-state index in [4.69, 9.17) is 14.6 Å². The van der Waals surface area contributed by atoms with Gasteiger partial charge in [0.2, 0.25) is 9.84 Å². The van der Waals surface area contributed by atoms with Crippen LogP contribution in [0.2, 0.25) is 0 Å². The molecule has 4 rings (SSSR count). The number of carbonyl (C=O) groups is 1. The average molecular weight is 418 g/mol. The number of hydrogen-bond acceptors (Lipinski definition) is 6. The van der Waals surface area contributed by atoms with Gasteiger partial charge in [0.05, 0.1) is 9.79 Å². The monoisotopic (exact) mass is 418 g/mol. The summed E-state index contributed by atoms with van der Waals surface area (Å²) in [6.07, 6.45) is 4.44. The predicted molar refractivity (Wildman–Crippen MR) is 103 cm³/mol. The third-order valence-electron chi connectivity index (χ3n) is 5.44. The first kappa shape index (κ1) is 19.6. The Morgan fingerprint density at radius 3 is 2.28 bits per heavy atom. The molecule has 1 heterocycles. The zero-order valence-corrected chi connectivity index (χ0v) is 16.8. The van der Waals surface area contributed by atoms with E-state index in [1.165, 1.54) is 37.0 Å². The van der Waals surface area contributed by atoms with Crippen LogP contribution in [0.4, 0.5) is 4.79 Å². The summed E-state index contributed by atoms with van der Waals surface area (Å²) in [7, 11) is -3.77. The Hall–Kier alpha value is -2.74. The molecular formula is C21H22O7S. The molecule has 1 saturated carbocycles. The molecule has 2 aliphatic rings. The topological polar surface area (TPSA) is 99.1 Å². The van der Waals surface area contributed by atoms with Crippen LogP contribution in [0.25, 0.3) is 0 Å². The highest BCUT2D eigenvalue weighted by molar-refractivity contribution is 7.91. The second-order valence-corrected chi connectivity index (χ2v) is 9.30. The molecule has 1 atom stereocenters. The molecule has 8 heteroatoms. The molecule has 0 radical (unpaired) electrons. The predicted octanol–water partition coefficient (Wildman–Crippen LogP) is 4.62. The van der Waals surface area contributed by atoms with Crippen LogP contribution < -0.4 is 9.47 Å². The largest absolute Gasteiger partial charge is 0.511 e. The minimum absolute atomic E-state index is 0.0845. The molecule has 1 aliphatic heterocycles. The van der Waals surface area contributed by atoms with Gasteiger partial charge < -0.3 is 19.3 Å². The summed E-state index contributed by atoms with van der Waals surface area (Å²) in [5.41, 5.74) is 1.65. The molecule has 29 heavy (non-hydrogen) atoms. The van der Waals surface area contributed by atoms with Crippen LogP contribution >= 0.6 is 0 Å². The molecule has 0 amide bonds. The van der Waals surface area contributed by atoms with Crippen LogP contribution in [-0.2, 0) is 14.6 Å². The van der Waals surface area contributed by atoms with Gasteiger partial charge in [-0.1, -0.05) is 31.4 Å². The third-order valence-corrected chi connectivity index (χ3v) is 7.35. The molecule has 2 aromatic carbocycles. The Morgan fingerprint density at radius 1 is 1.03 bits per heavy atom. The number of benzene rings is 2. The summed E-state index contributed by atoms with van der Waals surface area (Å²) in [6, 6.07) is 9.97. The van der Waals surface area contributed by atoms with Crippen molar-refractivity contribution in [3.63, 3.8) is 0 Å². The molecule has 0 saturated heterocycles. The van der Waals surface area contributed by atoms with Gasteiger partial charge in [-0.25, -0.2) is 13.2 Å². The number of fused-ring (bicyclic) bond motifs is 1. The zero-order valence-electron chi connectivity index (χ0n) is 16.0. The summed E-state index contributed by atoms with van der Waals surface area (Å²) in [5.74, 6) is 0.860. The quantitative estimate of drug-likeness (QED) is 0.723. The van der Waals surface area contributed by atoms with Crippen molar-refractivity contribution < 1.29 is 32.5 Å². The van der Waals surface area contributed by atoms with E-state index in [1.54, 1.807) is 19.1 Å². The van der Waals surface area contributed by atoms with E-state index in [0.717, 1.165) is 12.8 Å². The van der Waals surface area contributed by atoms with E-state index in [1.807, 2.05) is 12.1 Å². The number of sulfone groups is 1. The number of aryl methyl sites for hydroxylation is 1. The van der Waals surface area contributed by atoms with Crippen molar-refractivity contribution in [1.82, 2.24) is 0 Å². The van der Waals surface area contributed by atoms with Crippen LogP contribution in [0.15, 0.2) is 46.2 Å². The smallest absolute Gasteiger partial charge is 0.450 e. The van der Waals surface area contributed by atoms with Gasteiger partial charge in [0.25, 0.3) is 0 Å². The first-order chi connectivity index (χ1) is 13.8. The Kier molecular flexibility index (Phi) is 5.12. The Labute approximate surface area is 169 Å². The molecular weight excluding hydrogens is 396 g/mol. The van der Waals surface area contributed by atoms with E-state index < -0.39 is 22.5 Å². The maximum atomic E-state index is 13.2. The molecule has 154 valence electrons. The van der Waals surface area contributed by atoms with Crippen molar-refractivity contribution in [2.75, 3.05) is 0 Å². The Balaban J connectivity index is 1.60. The van der Waals surface area contributed by atoms with Crippen molar-refractivity contribution in [2.45, 2.75) is 61.2 Å². The molecule has 2 aromatic rings. The lowest BCUT2D eigenvalue weighted by molar-refractivity contribution is -0.147. The van der Waals surface area contributed by atoms with Gasteiger partial charge in [0, 0.05) is 6.07 Å². The fourth-order valence-electron chi connectivity index (χ4n) is 3.96. The molecule has 1 fully saturated rings. The van der Waals surface area contributed by atoms with Crippen LogP contribution in [0, 0.1) is 6.92 Å². The van der Waals surface area contributed by atoms with Crippen molar-refractivity contribution >= 4 is 16.0 Å². The third kappa shape index (κ3) is 3.89. The van der Waals surface area contributed by atoms with Crippen LogP contribution in [0.5, 0.6) is 11.5 Å². The Morgan fingerprint density at radius 2 is 1.66 bits per heavy atom. The zero-order chi connectivity index (χ0) is 20.6. The lowest BCUT2D eigenvalue weighted by Gasteiger charge is -2.22. The lowest BCUT2D eigenvalue weighted by atomic mass is 9.84. The average Bonchev–Trinajstić information content (AvgIpc) is 3.08. The number of carboxylic acid groups (broad SMARTS) is 1. The summed E-state index contributed by atoms with van der Waals surface area (Å²) in [6.45, 7) is 0.202. The fraction of sp³-hybridized carbons (Fsp3) is 0.381. The lowest BCUT2D eigenvalue weighted by Crippen LogP contribution is -2.24. The number of rotatable bonds is 4. The van der Waals surface area contributed by atoms with Gasteiger partial charge in [-0.2, -0.15) is 0 Å². The van der Waals surface area contributed by atoms with Crippen molar-refractivity contribution in [2.24, 2.45) is 0 Å². The number of hydrogen-bond donors (Lipinski definition) is 1. The standard InChI is InChI=1S/C21H22O7S/c1-13-11-17-18(27-21(26-17)28-20(22)23)12-19(13)29(24,25)16-9-7-15(8-10-16)14-5-3-2-4-6-14/h7-12,14,21H,2-6H2,1H3,(H,22,23). The van der Waals surface area contributed by atoms with Gasteiger partial charge in [0.1, 0.15) is 0 Å². The second kappa shape index (κ2) is 7.59. The van der Waals surface area contributed by atoms with Gasteiger partial charge in [-0.15, -0.1) is 0 Å². The highest BCUT2D eigenvalue weighted by Gasteiger charge is 2.31. The second-order valence-electron chi connectivity index (χ2n) is 7.38. The maximum absolute atomic E-state index is 13.2. The SMILES string of the molecule is Cc1cc2c(cc1S(=O)(=O)c1ccc(C3CCCCC3)cc1)OC(OC(=O)O)O2. The minimum Gasteiger partial charge on any atom is -0.450 e. The highest BCUT2D eigenvalue weighted by atomic mass is 32.2. The molecule has 0 bridgehead atoms. The van der Waals surface area contributed by atoms with E-state index in [0.29, 0.717) is 11.5 Å². The molecule has 0 spiro atoms. The minimum atomic E-state index is -3.77.